The highest BCUT2D eigenvalue weighted by atomic mass is 19.4. The van der Waals surface area contributed by atoms with Gasteiger partial charge in [-0.15, -0.1) is 0 Å². The maximum atomic E-state index is 12.9. The molecule has 0 aliphatic heterocycles. The SMILES string of the molecule is CN(C)C=C(C(=O)C(F)(F)F)c1ccc2ccccc2c1[N+](=O)[O-]. The summed E-state index contributed by atoms with van der Waals surface area (Å²) in [5.74, 6) is -2.13. The molecular formula is C16H13F3N2O3. The number of carbonyl (C=O) groups excluding carboxylic acids is 1. The van der Waals surface area contributed by atoms with Crippen molar-refractivity contribution in [2.45, 2.75) is 6.18 Å². The van der Waals surface area contributed by atoms with E-state index in [1.54, 1.807) is 18.2 Å². The van der Waals surface area contributed by atoms with Crippen LogP contribution in [0.1, 0.15) is 5.56 Å². The molecule has 126 valence electrons. The smallest absolute Gasteiger partial charge is 0.383 e. The third-order valence-electron chi connectivity index (χ3n) is 3.26. The Morgan fingerprint density at radius 2 is 1.79 bits per heavy atom. The highest BCUT2D eigenvalue weighted by Crippen LogP contribution is 2.37. The number of Topliss-reactive ketones (excluding diaryl/α,β-unsaturated/α-hetero) is 1. The van der Waals surface area contributed by atoms with E-state index in [0.717, 1.165) is 6.20 Å². The second-order valence-electron chi connectivity index (χ2n) is 5.27. The Balaban J connectivity index is 2.82. The summed E-state index contributed by atoms with van der Waals surface area (Å²) in [7, 11) is 2.85. The van der Waals surface area contributed by atoms with Crippen LogP contribution in [0.15, 0.2) is 42.6 Å². The first-order valence-electron chi connectivity index (χ1n) is 6.79. The van der Waals surface area contributed by atoms with E-state index in [4.69, 9.17) is 0 Å². The predicted molar refractivity (Wildman–Crippen MR) is 83.3 cm³/mol. The van der Waals surface area contributed by atoms with Crippen LogP contribution in [0.5, 0.6) is 0 Å². The molecule has 5 nitrogen and oxygen atoms in total. The number of hydrogen-bond acceptors (Lipinski definition) is 4. The molecule has 0 N–H and O–H groups in total. The zero-order chi connectivity index (χ0) is 18.1. The molecule has 0 spiro atoms. The summed E-state index contributed by atoms with van der Waals surface area (Å²) in [5, 5.41) is 12.1. The molecule has 0 unspecified atom stereocenters. The molecule has 0 aliphatic carbocycles. The van der Waals surface area contributed by atoms with Crippen LogP contribution in [0.25, 0.3) is 16.3 Å². The lowest BCUT2D eigenvalue weighted by molar-refractivity contribution is -0.383. The number of nitrogens with zero attached hydrogens (tertiary/aromatic N) is 2. The van der Waals surface area contributed by atoms with Crippen molar-refractivity contribution in [1.82, 2.24) is 4.90 Å². The number of carbonyl (C=O) groups is 1. The monoisotopic (exact) mass is 338 g/mol. The molecule has 0 amide bonds. The topological polar surface area (TPSA) is 63.5 Å². The largest absolute Gasteiger partial charge is 0.454 e. The number of hydrogen-bond donors (Lipinski definition) is 0. The van der Waals surface area contributed by atoms with Gasteiger partial charge in [-0.05, 0) is 17.5 Å². The molecule has 0 bridgehead atoms. The van der Waals surface area contributed by atoms with Crippen molar-refractivity contribution >= 4 is 27.8 Å². The van der Waals surface area contributed by atoms with Gasteiger partial charge in [0.1, 0.15) is 0 Å². The first-order chi connectivity index (χ1) is 11.1. The molecule has 0 aliphatic rings. The highest BCUT2D eigenvalue weighted by Gasteiger charge is 2.43. The number of halogens is 3. The Hall–Kier alpha value is -2.90. The standard InChI is InChI=1S/C16H13F3N2O3/c1-20(2)9-13(15(22)16(17,18)19)12-8-7-10-5-3-4-6-11(10)14(12)21(23)24/h3-9H,1-2H3. The van der Waals surface area contributed by atoms with Crippen molar-refractivity contribution in [1.29, 1.82) is 0 Å². The van der Waals surface area contributed by atoms with Gasteiger partial charge in [-0.25, -0.2) is 0 Å². The third kappa shape index (κ3) is 3.37. The van der Waals surface area contributed by atoms with Gasteiger partial charge in [-0.2, -0.15) is 13.2 Å². The van der Waals surface area contributed by atoms with Gasteiger partial charge in [0.2, 0.25) is 0 Å². The lowest BCUT2D eigenvalue weighted by atomic mass is 9.96. The minimum absolute atomic E-state index is 0.166. The Bertz CT molecular complexity index is 842. The van der Waals surface area contributed by atoms with Crippen molar-refractivity contribution < 1.29 is 22.9 Å². The zero-order valence-electron chi connectivity index (χ0n) is 12.8. The summed E-state index contributed by atoms with van der Waals surface area (Å²) >= 11 is 0. The van der Waals surface area contributed by atoms with E-state index in [9.17, 15) is 28.1 Å². The second-order valence-corrected chi connectivity index (χ2v) is 5.27. The fourth-order valence-corrected chi connectivity index (χ4v) is 2.33. The second kappa shape index (κ2) is 6.31. The number of allylic oxidation sites excluding steroid dienone is 1. The van der Waals surface area contributed by atoms with Gasteiger partial charge in [0.15, 0.2) is 0 Å². The van der Waals surface area contributed by atoms with Crippen molar-refractivity contribution in [3.8, 4) is 0 Å². The van der Waals surface area contributed by atoms with Gasteiger partial charge in [0.05, 0.1) is 21.4 Å². The number of nitro groups is 1. The molecule has 2 aromatic rings. The van der Waals surface area contributed by atoms with Crippen molar-refractivity contribution in [2.75, 3.05) is 14.1 Å². The molecule has 2 aromatic carbocycles. The normalized spacial score (nSPS) is 12.3. The fraction of sp³-hybridized carbons (Fsp3) is 0.188. The van der Waals surface area contributed by atoms with Crippen LogP contribution in [-0.2, 0) is 4.79 Å². The van der Waals surface area contributed by atoms with Crippen LogP contribution in [0.2, 0.25) is 0 Å². The van der Waals surface area contributed by atoms with Gasteiger partial charge in [-0.1, -0.05) is 24.3 Å². The number of ketones is 1. The van der Waals surface area contributed by atoms with Crippen molar-refractivity contribution in [3.05, 3.63) is 58.3 Å². The maximum absolute atomic E-state index is 12.9. The number of nitro benzene ring substituents is 1. The number of rotatable bonds is 4. The minimum Gasteiger partial charge on any atom is -0.383 e. The highest BCUT2D eigenvalue weighted by molar-refractivity contribution is 6.25. The summed E-state index contributed by atoms with van der Waals surface area (Å²) in [5.41, 5.74) is -1.67. The lowest BCUT2D eigenvalue weighted by Gasteiger charge is -2.14. The molecule has 0 saturated carbocycles. The van der Waals surface area contributed by atoms with Crippen LogP contribution in [0, 0.1) is 10.1 Å². The van der Waals surface area contributed by atoms with Crippen LogP contribution >= 0.6 is 0 Å². The van der Waals surface area contributed by atoms with E-state index in [-0.39, 0.29) is 10.9 Å². The average molecular weight is 338 g/mol. The molecule has 0 aromatic heterocycles. The van der Waals surface area contributed by atoms with E-state index >= 15 is 0 Å². The Kier molecular flexibility index (Phi) is 4.59. The van der Waals surface area contributed by atoms with Crippen LogP contribution in [0.3, 0.4) is 0 Å². The summed E-state index contributed by atoms with van der Waals surface area (Å²) < 4.78 is 38.7. The van der Waals surface area contributed by atoms with Crippen LogP contribution in [-0.4, -0.2) is 35.9 Å². The number of fused-ring (bicyclic) bond motifs is 1. The van der Waals surface area contributed by atoms with Gasteiger partial charge in [0.25, 0.3) is 11.5 Å². The average Bonchev–Trinajstić information content (AvgIpc) is 2.49. The van der Waals surface area contributed by atoms with Crippen LogP contribution in [0.4, 0.5) is 18.9 Å². The molecule has 0 fully saturated rings. The molecule has 2 rings (SSSR count). The minimum atomic E-state index is -5.14. The Labute approximate surface area is 135 Å². The quantitative estimate of drug-likeness (QED) is 0.483. The summed E-state index contributed by atoms with van der Waals surface area (Å²) in [6, 6.07) is 8.85. The molecule has 24 heavy (non-hydrogen) atoms. The molecule has 8 heteroatoms. The molecular weight excluding hydrogens is 325 g/mol. The molecule has 0 radical (unpaired) electrons. The van der Waals surface area contributed by atoms with Crippen molar-refractivity contribution in [2.24, 2.45) is 0 Å². The van der Waals surface area contributed by atoms with Crippen molar-refractivity contribution in [3.63, 3.8) is 0 Å². The van der Waals surface area contributed by atoms with E-state index in [0.29, 0.717) is 5.39 Å². The van der Waals surface area contributed by atoms with Gasteiger partial charge in [-0.3, -0.25) is 14.9 Å². The van der Waals surface area contributed by atoms with E-state index < -0.39 is 28.1 Å². The van der Waals surface area contributed by atoms with Crippen LogP contribution < -0.4 is 0 Å². The lowest BCUT2D eigenvalue weighted by Crippen LogP contribution is -2.25. The predicted octanol–water partition coefficient (Wildman–Crippen LogP) is 3.78. The summed E-state index contributed by atoms with van der Waals surface area (Å²) in [6.07, 6.45) is -4.20. The maximum Gasteiger partial charge on any atom is 0.454 e. The van der Waals surface area contributed by atoms with Gasteiger partial charge >= 0.3 is 6.18 Å². The van der Waals surface area contributed by atoms with Gasteiger partial charge in [0, 0.05) is 20.3 Å². The molecule has 0 heterocycles. The molecule has 0 saturated heterocycles. The summed E-state index contributed by atoms with van der Waals surface area (Å²) in [6.45, 7) is 0. The van der Waals surface area contributed by atoms with Gasteiger partial charge < -0.3 is 4.90 Å². The fourth-order valence-electron chi connectivity index (χ4n) is 2.33. The number of alkyl halides is 3. The zero-order valence-corrected chi connectivity index (χ0v) is 12.8. The van der Waals surface area contributed by atoms with E-state index in [1.165, 1.54) is 37.2 Å². The Morgan fingerprint density at radius 1 is 1.17 bits per heavy atom. The number of benzene rings is 2. The Morgan fingerprint density at radius 3 is 2.33 bits per heavy atom. The van der Waals surface area contributed by atoms with E-state index in [1.807, 2.05) is 0 Å². The summed E-state index contributed by atoms with van der Waals surface area (Å²) in [4.78, 5) is 23.7. The van der Waals surface area contributed by atoms with E-state index in [2.05, 4.69) is 0 Å². The third-order valence-corrected chi connectivity index (χ3v) is 3.26. The molecule has 0 atom stereocenters. The first-order valence-corrected chi connectivity index (χ1v) is 6.79. The first kappa shape index (κ1) is 17.5.